The Labute approximate surface area is 141 Å². The Hall–Kier alpha value is -2.39. The first-order chi connectivity index (χ1) is 11.5. The van der Waals surface area contributed by atoms with Crippen LogP contribution in [0.15, 0.2) is 24.3 Å². The summed E-state index contributed by atoms with van der Waals surface area (Å²) in [7, 11) is 0. The highest BCUT2D eigenvalue weighted by Crippen LogP contribution is 2.42. The molecule has 2 amide bonds. The molecule has 1 aromatic carbocycles. The zero-order chi connectivity index (χ0) is 17.2. The van der Waals surface area contributed by atoms with Crippen molar-refractivity contribution in [3.63, 3.8) is 0 Å². The maximum atomic E-state index is 12.5. The number of nitrogens with two attached hydrogens (primary N) is 1. The van der Waals surface area contributed by atoms with E-state index in [-0.39, 0.29) is 17.7 Å². The first-order valence-electron chi connectivity index (χ1n) is 8.19. The van der Waals surface area contributed by atoms with Crippen molar-refractivity contribution >= 4 is 11.8 Å². The number of benzene rings is 1. The first kappa shape index (κ1) is 16.5. The van der Waals surface area contributed by atoms with Crippen molar-refractivity contribution in [2.75, 3.05) is 26.3 Å². The Balaban J connectivity index is 1.61. The predicted octanol–water partition coefficient (Wildman–Crippen LogP) is 0.841. The lowest BCUT2D eigenvalue weighted by atomic mass is 9.74. The zero-order valence-corrected chi connectivity index (χ0v) is 13.5. The van der Waals surface area contributed by atoms with Crippen LogP contribution in [0.3, 0.4) is 0 Å². The topological polar surface area (TPSA) is 96.4 Å². The first-order valence-corrected chi connectivity index (χ1v) is 8.19. The number of primary amides is 1. The van der Waals surface area contributed by atoms with Gasteiger partial charge in [-0.05, 0) is 30.5 Å². The maximum absolute atomic E-state index is 12.5. The quantitative estimate of drug-likeness (QED) is 0.886. The van der Waals surface area contributed by atoms with Gasteiger partial charge in [-0.15, -0.1) is 0 Å². The van der Waals surface area contributed by atoms with Gasteiger partial charge in [0.15, 0.2) is 0 Å². The number of aryl methyl sites for hydroxylation is 1. The van der Waals surface area contributed by atoms with E-state index >= 15 is 0 Å². The lowest BCUT2D eigenvalue weighted by Crippen LogP contribution is -2.48. The molecular formula is C18H21N3O3. The van der Waals surface area contributed by atoms with Crippen LogP contribution >= 0.6 is 0 Å². The van der Waals surface area contributed by atoms with E-state index < -0.39 is 5.41 Å². The Kier molecular flexibility index (Phi) is 4.54. The summed E-state index contributed by atoms with van der Waals surface area (Å²) in [5, 5.41) is 8.80. The van der Waals surface area contributed by atoms with E-state index in [9.17, 15) is 9.59 Å². The average Bonchev–Trinajstić information content (AvgIpc) is 3.01. The van der Waals surface area contributed by atoms with Crippen molar-refractivity contribution in [2.45, 2.75) is 19.3 Å². The zero-order valence-electron chi connectivity index (χ0n) is 13.5. The van der Waals surface area contributed by atoms with Gasteiger partial charge < -0.3 is 15.4 Å². The van der Waals surface area contributed by atoms with Gasteiger partial charge in [0, 0.05) is 32.0 Å². The Morgan fingerprint density at radius 2 is 2.12 bits per heavy atom. The van der Waals surface area contributed by atoms with Gasteiger partial charge in [-0.1, -0.05) is 12.1 Å². The third kappa shape index (κ3) is 3.00. The average molecular weight is 327 g/mol. The molecule has 0 aromatic heterocycles. The summed E-state index contributed by atoms with van der Waals surface area (Å²) in [6.45, 7) is 1.95. The molecule has 24 heavy (non-hydrogen) atoms. The van der Waals surface area contributed by atoms with E-state index in [2.05, 4.69) is 6.07 Å². The standard InChI is InChI=1S/C18H21N3O3/c19-9-14-3-1-13(2-4-14)5-6-16(22)21-10-15-11-24-8-7-18(15,12-21)17(20)23/h1-4,15H,5-8,10-12H2,(H2,20,23)/t15-,18+/m1/s1. The minimum atomic E-state index is -0.623. The Morgan fingerprint density at radius 1 is 1.38 bits per heavy atom. The SMILES string of the molecule is N#Cc1ccc(CCC(=O)N2C[C@@H]3COCC[C@]3(C(N)=O)C2)cc1. The fourth-order valence-corrected chi connectivity index (χ4v) is 3.70. The highest BCUT2D eigenvalue weighted by molar-refractivity contribution is 5.84. The highest BCUT2D eigenvalue weighted by atomic mass is 16.5. The van der Waals surface area contributed by atoms with Crippen molar-refractivity contribution in [1.82, 2.24) is 4.90 Å². The van der Waals surface area contributed by atoms with Gasteiger partial charge in [0.25, 0.3) is 0 Å². The number of likely N-dealkylation sites (tertiary alicyclic amines) is 1. The second-order valence-corrected chi connectivity index (χ2v) is 6.63. The Bertz CT molecular complexity index is 680. The largest absolute Gasteiger partial charge is 0.381 e. The molecule has 0 unspecified atom stereocenters. The predicted molar refractivity (Wildman–Crippen MR) is 86.6 cm³/mol. The van der Waals surface area contributed by atoms with E-state index in [0.717, 1.165) is 5.56 Å². The van der Waals surface area contributed by atoms with E-state index in [4.69, 9.17) is 15.7 Å². The van der Waals surface area contributed by atoms with Gasteiger partial charge in [-0.25, -0.2) is 0 Å². The van der Waals surface area contributed by atoms with Gasteiger partial charge in [0.2, 0.25) is 11.8 Å². The summed E-state index contributed by atoms with van der Waals surface area (Å²) in [6, 6.07) is 9.32. The molecule has 3 rings (SSSR count). The van der Waals surface area contributed by atoms with Gasteiger partial charge in [-0.2, -0.15) is 5.26 Å². The molecule has 2 aliphatic rings. The van der Waals surface area contributed by atoms with Crippen molar-refractivity contribution in [1.29, 1.82) is 5.26 Å². The van der Waals surface area contributed by atoms with Crippen LogP contribution in [0.5, 0.6) is 0 Å². The number of nitrogens with zero attached hydrogens (tertiary/aromatic N) is 2. The molecule has 2 heterocycles. The highest BCUT2D eigenvalue weighted by Gasteiger charge is 2.53. The van der Waals surface area contributed by atoms with Crippen LogP contribution < -0.4 is 5.73 Å². The van der Waals surface area contributed by atoms with E-state index in [1.807, 2.05) is 12.1 Å². The lowest BCUT2D eigenvalue weighted by Gasteiger charge is -2.34. The van der Waals surface area contributed by atoms with E-state index in [1.54, 1.807) is 17.0 Å². The normalized spacial score (nSPS) is 25.8. The molecule has 2 N–H and O–H groups in total. The number of ether oxygens (including phenoxy) is 1. The molecule has 2 fully saturated rings. The summed E-state index contributed by atoms with van der Waals surface area (Å²) in [6.07, 6.45) is 1.59. The van der Waals surface area contributed by atoms with Crippen LogP contribution in [-0.2, 0) is 20.7 Å². The van der Waals surface area contributed by atoms with Crippen molar-refractivity contribution in [3.05, 3.63) is 35.4 Å². The van der Waals surface area contributed by atoms with Crippen molar-refractivity contribution in [2.24, 2.45) is 17.1 Å². The van der Waals surface area contributed by atoms with E-state index in [1.165, 1.54) is 0 Å². The molecular weight excluding hydrogens is 306 g/mol. The number of carbonyl (C=O) groups excluding carboxylic acids is 2. The molecule has 2 saturated heterocycles. The van der Waals surface area contributed by atoms with Crippen LogP contribution in [-0.4, -0.2) is 43.0 Å². The molecule has 0 spiro atoms. The fraction of sp³-hybridized carbons (Fsp3) is 0.500. The molecule has 0 radical (unpaired) electrons. The molecule has 6 nitrogen and oxygen atoms in total. The third-order valence-corrected chi connectivity index (χ3v) is 5.26. The summed E-state index contributed by atoms with van der Waals surface area (Å²) in [5.41, 5.74) is 6.65. The molecule has 0 saturated carbocycles. The lowest BCUT2D eigenvalue weighted by molar-refractivity contribution is -0.136. The van der Waals surface area contributed by atoms with Gasteiger partial charge >= 0.3 is 0 Å². The number of amides is 2. The minimum Gasteiger partial charge on any atom is -0.381 e. The van der Waals surface area contributed by atoms with Crippen molar-refractivity contribution in [3.8, 4) is 6.07 Å². The summed E-state index contributed by atoms with van der Waals surface area (Å²) in [4.78, 5) is 26.3. The van der Waals surface area contributed by atoms with Crippen LogP contribution in [0, 0.1) is 22.7 Å². The molecule has 2 atom stereocenters. The number of hydrogen-bond acceptors (Lipinski definition) is 4. The summed E-state index contributed by atoms with van der Waals surface area (Å²) >= 11 is 0. The molecule has 126 valence electrons. The summed E-state index contributed by atoms with van der Waals surface area (Å²) in [5.74, 6) is -0.282. The number of hydrogen-bond donors (Lipinski definition) is 1. The monoisotopic (exact) mass is 327 g/mol. The van der Waals surface area contributed by atoms with Gasteiger partial charge in [-0.3, -0.25) is 9.59 Å². The molecule has 1 aromatic rings. The van der Waals surface area contributed by atoms with Gasteiger partial charge in [0.1, 0.15) is 0 Å². The fourth-order valence-electron chi connectivity index (χ4n) is 3.70. The van der Waals surface area contributed by atoms with Crippen LogP contribution in [0.1, 0.15) is 24.0 Å². The molecule has 0 bridgehead atoms. The number of rotatable bonds is 4. The smallest absolute Gasteiger partial charge is 0.225 e. The number of carbonyl (C=O) groups is 2. The Morgan fingerprint density at radius 3 is 2.75 bits per heavy atom. The van der Waals surface area contributed by atoms with Gasteiger partial charge in [0.05, 0.1) is 23.7 Å². The van der Waals surface area contributed by atoms with Crippen LogP contribution in [0.2, 0.25) is 0 Å². The molecule has 0 aliphatic carbocycles. The second-order valence-electron chi connectivity index (χ2n) is 6.63. The maximum Gasteiger partial charge on any atom is 0.225 e. The van der Waals surface area contributed by atoms with Crippen molar-refractivity contribution < 1.29 is 14.3 Å². The molecule has 6 heteroatoms. The second kappa shape index (κ2) is 6.62. The van der Waals surface area contributed by atoms with Crippen LogP contribution in [0.25, 0.3) is 0 Å². The molecule has 2 aliphatic heterocycles. The van der Waals surface area contributed by atoms with E-state index in [0.29, 0.717) is 51.1 Å². The van der Waals surface area contributed by atoms with Crippen LogP contribution in [0.4, 0.5) is 0 Å². The number of nitriles is 1. The summed E-state index contributed by atoms with van der Waals surface area (Å²) < 4.78 is 5.47. The minimum absolute atomic E-state index is 0.00242. The third-order valence-electron chi connectivity index (χ3n) is 5.26. The number of fused-ring (bicyclic) bond motifs is 1.